The maximum atomic E-state index is 12.3. The average Bonchev–Trinajstić information content (AvgIpc) is 3.25. The highest BCUT2D eigenvalue weighted by Crippen LogP contribution is 2.41. The molecule has 1 aliphatic rings. The van der Waals surface area contributed by atoms with Crippen LogP contribution in [-0.2, 0) is 16.6 Å². The van der Waals surface area contributed by atoms with Gasteiger partial charge in [0, 0.05) is 12.0 Å². The lowest BCUT2D eigenvalue weighted by Crippen LogP contribution is -2.39. The first kappa shape index (κ1) is 16.1. The summed E-state index contributed by atoms with van der Waals surface area (Å²) in [4.78, 5) is 12.3. The largest absolute Gasteiger partial charge is 0.497 e. The van der Waals surface area contributed by atoms with E-state index in [1.165, 1.54) is 31.2 Å². The Balaban J connectivity index is 1.61. The number of hydrogen-bond donors (Lipinski definition) is 1. The average molecular weight is 329 g/mol. The molecule has 1 aliphatic carbocycles. The molecule has 1 N–H and O–H groups in total. The maximum Gasteiger partial charge on any atom is 0.224 e. The highest BCUT2D eigenvalue weighted by atomic mass is 32.1. The van der Waals surface area contributed by atoms with Crippen LogP contribution >= 0.6 is 11.3 Å². The van der Waals surface area contributed by atoms with Gasteiger partial charge in [-0.3, -0.25) is 4.79 Å². The molecule has 2 aromatic rings. The van der Waals surface area contributed by atoms with Crippen molar-refractivity contribution in [2.75, 3.05) is 13.7 Å². The molecule has 3 rings (SSSR count). The van der Waals surface area contributed by atoms with Crippen molar-refractivity contribution in [1.82, 2.24) is 5.32 Å². The standard InChI is InChI=1S/C19H23NO2S/c1-22-17-6-4-5-15(11-17)12-18(21)20-14-19(8-2-3-9-19)16-7-10-23-13-16/h4-7,10-11,13H,2-3,8-9,12,14H2,1H3,(H,20,21). The summed E-state index contributed by atoms with van der Waals surface area (Å²) in [6.07, 6.45) is 5.24. The van der Waals surface area contributed by atoms with Crippen molar-refractivity contribution in [1.29, 1.82) is 0 Å². The van der Waals surface area contributed by atoms with Crippen molar-refractivity contribution >= 4 is 17.2 Å². The van der Waals surface area contributed by atoms with E-state index < -0.39 is 0 Å². The third-order valence-electron chi connectivity index (χ3n) is 4.82. The molecule has 1 saturated carbocycles. The molecular weight excluding hydrogens is 306 g/mol. The molecular formula is C19H23NO2S. The second-order valence-electron chi connectivity index (χ2n) is 6.30. The lowest BCUT2D eigenvalue weighted by Gasteiger charge is -2.28. The minimum absolute atomic E-state index is 0.0831. The van der Waals surface area contributed by atoms with Crippen LogP contribution in [0.1, 0.15) is 36.8 Å². The van der Waals surface area contributed by atoms with Crippen molar-refractivity contribution in [3.8, 4) is 5.75 Å². The highest BCUT2D eigenvalue weighted by molar-refractivity contribution is 7.08. The van der Waals surface area contributed by atoms with Gasteiger partial charge in [0.25, 0.3) is 0 Å². The van der Waals surface area contributed by atoms with Crippen molar-refractivity contribution in [3.05, 3.63) is 52.2 Å². The molecule has 1 aromatic heterocycles. The minimum atomic E-state index is 0.0831. The summed E-state index contributed by atoms with van der Waals surface area (Å²) in [6.45, 7) is 0.743. The summed E-state index contributed by atoms with van der Waals surface area (Å²) in [7, 11) is 1.64. The number of rotatable bonds is 6. The van der Waals surface area contributed by atoms with Crippen LogP contribution in [0.25, 0.3) is 0 Å². The highest BCUT2D eigenvalue weighted by Gasteiger charge is 2.36. The Bertz CT molecular complexity index is 645. The number of carbonyl (C=O) groups excluding carboxylic acids is 1. The molecule has 0 saturated heterocycles. The van der Waals surface area contributed by atoms with Crippen molar-refractivity contribution in [3.63, 3.8) is 0 Å². The number of ether oxygens (including phenoxy) is 1. The molecule has 0 unspecified atom stereocenters. The van der Waals surface area contributed by atoms with Crippen molar-refractivity contribution < 1.29 is 9.53 Å². The fourth-order valence-electron chi connectivity index (χ4n) is 3.48. The fraction of sp³-hybridized carbons (Fsp3) is 0.421. The number of benzene rings is 1. The topological polar surface area (TPSA) is 38.3 Å². The van der Waals surface area contributed by atoms with E-state index in [0.29, 0.717) is 6.42 Å². The lowest BCUT2D eigenvalue weighted by molar-refractivity contribution is -0.120. The quantitative estimate of drug-likeness (QED) is 0.872. The van der Waals surface area contributed by atoms with Crippen molar-refractivity contribution in [2.24, 2.45) is 0 Å². The molecule has 3 nitrogen and oxygen atoms in total. The SMILES string of the molecule is COc1cccc(CC(=O)NCC2(c3ccsc3)CCCC2)c1. The summed E-state index contributed by atoms with van der Waals surface area (Å²) in [5, 5.41) is 7.53. The first-order chi connectivity index (χ1) is 11.2. The third kappa shape index (κ3) is 3.75. The van der Waals surface area contributed by atoms with E-state index in [1.54, 1.807) is 18.4 Å². The predicted molar refractivity (Wildman–Crippen MR) is 94.2 cm³/mol. The first-order valence-corrected chi connectivity index (χ1v) is 9.08. The maximum absolute atomic E-state index is 12.3. The Morgan fingerprint density at radius 3 is 2.83 bits per heavy atom. The molecule has 0 spiro atoms. The number of amides is 1. The van der Waals surface area contributed by atoms with E-state index in [-0.39, 0.29) is 11.3 Å². The van der Waals surface area contributed by atoms with Gasteiger partial charge in [-0.2, -0.15) is 11.3 Å². The minimum Gasteiger partial charge on any atom is -0.497 e. The number of methoxy groups -OCH3 is 1. The molecule has 0 atom stereocenters. The van der Waals surface area contributed by atoms with E-state index in [9.17, 15) is 4.79 Å². The van der Waals surface area contributed by atoms with Crippen LogP contribution in [0.3, 0.4) is 0 Å². The van der Waals surface area contributed by atoms with E-state index >= 15 is 0 Å². The molecule has 1 fully saturated rings. The zero-order chi connectivity index (χ0) is 16.1. The summed E-state index contributed by atoms with van der Waals surface area (Å²) in [6, 6.07) is 9.91. The van der Waals surface area contributed by atoms with Crippen LogP contribution < -0.4 is 10.1 Å². The van der Waals surface area contributed by atoms with E-state index in [0.717, 1.165) is 17.9 Å². The summed E-state index contributed by atoms with van der Waals surface area (Å²) in [5.74, 6) is 0.876. The van der Waals surface area contributed by atoms with Gasteiger partial charge in [-0.25, -0.2) is 0 Å². The van der Waals surface area contributed by atoms with Gasteiger partial charge in [-0.1, -0.05) is 25.0 Å². The Morgan fingerprint density at radius 1 is 1.30 bits per heavy atom. The lowest BCUT2D eigenvalue weighted by atomic mass is 9.80. The van der Waals surface area contributed by atoms with Gasteiger partial charge < -0.3 is 10.1 Å². The van der Waals surface area contributed by atoms with Gasteiger partial charge in [-0.05, 0) is 52.9 Å². The molecule has 4 heteroatoms. The zero-order valence-corrected chi connectivity index (χ0v) is 14.3. The molecule has 23 heavy (non-hydrogen) atoms. The van der Waals surface area contributed by atoms with E-state index in [4.69, 9.17) is 4.74 Å². The molecule has 1 amide bonds. The fourth-order valence-corrected chi connectivity index (χ4v) is 4.26. The number of carbonyl (C=O) groups is 1. The zero-order valence-electron chi connectivity index (χ0n) is 13.5. The summed E-state index contributed by atoms with van der Waals surface area (Å²) >= 11 is 1.74. The molecule has 122 valence electrons. The van der Waals surface area contributed by atoms with Crippen LogP contribution in [0, 0.1) is 0 Å². The van der Waals surface area contributed by atoms with E-state index in [2.05, 4.69) is 22.1 Å². The molecule has 1 aromatic carbocycles. The number of thiophene rings is 1. The number of hydrogen-bond acceptors (Lipinski definition) is 3. The van der Waals surface area contributed by atoms with Gasteiger partial charge in [0.1, 0.15) is 5.75 Å². The number of nitrogens with one attached hydrogen (secondary N) is 1. The smallest absolute Gasteiger partial charge is 0.224 e. The van der Waals surface area contributed by atoms with Crippen LogP contribution in [-0.4, -0.2) is 19.6 Å². The Labute approximate surface area is 141 Å². The summed E-state index contributed by atoms with van der Waals surface area (Å²) < 4.78 is 5.21. The van der Waals surface area contributed by atoms with Gasteiger partial charge in [0.15, 0.2) is 0 Å². The Morgan fingerprint density at radius 2 is 2.13 bits per heavy atom. The Kier molecular flexibility index (Phi) is 5.01. The second kappa shape index (κ2) is 7.18. The third-order valence-corrected chi connectivity index (χ3v) is 5.50. The monoisotopic (exact) mass is 329 g/mol. The van der Waals surface area contributed by atoms with Crippen molar-refractivity contribution in [2.45, 2.75) is 37.5 Å². The predicted octanol–water partition coefficient (Wildman–Crippen LogP) is 3.93. The van der Waals surface area contributed by atoms with Gasteiger partial charge in [-0.15, -0.1) is 0 Å². The van der Waals surface area contributed by atoms with Gasteiger partial charge >= 0.3 is 0 Å². The summed E-state index contributed by atoms with van der Waals surface area (Å²) in [5.41, 5.74) is 2.52. The first-order valence-electron chi connectivity index (χ1n) is 8.14. The van der Waals surface area contributed by atoms with Gasteiger partial charge in [0.05, 0.1) is 13.5 Å². The van der Waals surface area contributed by atoms with E-state index in [1.807, 2.05) is 24.3 Å². The second-order valence-corrected chi connectivity index (χ2v) is 7.08. The molecule has 1 heterocycles. The molecule has 0 radical (unpaired) electrons. The normalized spacial score (nSPS) is 16.2. The van der Waals surface area contributed by atoms with Crippen LogP contribution in [0.4, 0.5) is 0 Å². The van der Waals surface area contributed by atoms with Crippen LogP contribution in [0.2, 0.25) is 0 Å². The van der Waals surface area contributed by atoms with Crippen LogP contribution in [0.5, 0.6) is 5.75 Å². The molecule has 0 aliphatic heterocycles. The van der Waals surface area contributed by atoms with Crippen LogP contribution in [0.15, 0.2) is 41.1 Å². The van der Waals surface area contributed by atoms with Gasteiger partial charge in [0.2, 0.25) is 5.91 Å². The Hall–Kier alpha value is -1.81. The molecule has 0 bridgehead atoms.